The van der Waals surface area contributed by atoms with Crippen molar-refractivity contribution in [3.05, 3.63) is 53.1 Å². The first kappa shape index (κ1) is 19.2. The summed E-state index contributed by atoms with van der Waals surface area (Å²) in [7, 11) is 1.52. The zero-order chi connectivity index (χ0) is 20.4. The molecule has 1 saturated heterocycles. The first-order chi connectivity index (χ1) is 14.1. The number of nitrogens with one attached hydrogen (secondary N) is 1. The molecule has 29 heavy (non-hydrogen) atoms. The van der Waals surface area contributed by atoms with Crippen molar-refractivity contribution in [3.63, 3.8) is 0 Å². The number of fused-ring (bicyclic) bond motifs is 2. The summed E-state index contributed by atoms with van der Waals surface area (Å²) in [6.07, 6.45) is 3.60. The van der Waals surface area contributed by atoms with Crippen molar-refractivity contribution in [2.75, 3.05) is 33.4 Å². The maximum Gasteiger partial charge on any atom is 0.255 e. The number of piperidine rings is 1. The van der Waals surface area contributed by atoms with Crippen LogP contribution < -0.4 is 0 Å². The van der Waals surface area contributed by atoms with Crippen LogP contribution in [0.2, 0.25) is 0 Å². The molecule has 0 unspecified atom stereocenters. The predicted molar refractivity (Wildman–Crippen MR) is 104 cm³/mol. The fourth-order valence-electron chi connectivity index (χ4n) is 4.57. The topological polar surface area (TPSA) is 102 Å². The van der Waals surface area contributed by atoms with Crippen molar-refractivity contribution in [3.8, 4) is 6.07 Å². The number of benzene rings is 1. The standard InChI is InChI=1S/C21H23N5O3/c1-29-13-18(27)26-9-6-17-19(24-14-23-17)21(26)7-10-25(11-8-21)20(28)16-5-3-2-4-15(16)12-22/h2-5,14H,6-11,13H2,1H3,(H,23,24). The van der Waals surface area contributed by atoms with Crippen molar-refractivity contribution in [2.45, 2.75) is 24.8 Å². The van der Waals surface area contributed by atoms with Gasteiger partial charge in [-0.3, -0.25) is 9.59 Å². The van der Waals surface area contributed by atoms with Crippen LogP contribution in [0.25, 0.3) is 0 Å². The highest BCUT2D eigenvalue weighted by molar-refractivity contribution is 5.96. The number of imidazole rings is 1. The summed E-state index contributed by atoms with van der Waals surface area (Å²) in [6, 6.07) is 8.95. The van der Waals surface area contributed by atoms with Gasteiger partial charge in [0.25, 0.3) is 5.91 Å². The summed E-state index contributed by atoms with van der Waals surface area (Å²) in [4.78, 5) is 37.2. The van der Waals surface area contributed by atoms with Crippen molar-refractivity contribution in [2.24, 2.45) is 0 Å². The molecule has 3 heterocycles. The minimum absolute atomic E-state index is 0.0275. The van der Waals surface area contributed by atoms with Crippen molar-refractivity contribution >= 4 is 11.8 Å². The number of ether oxygens (including phenoxy) is 1. The Hall–Kier alpha value is -3.18. The molecule has 8 heteroatoms. The molecular formula is C21H23N5O3. The fourth-order valence-corrected chi connectivity index (χ4v) is 4.57. The Morgan fingerprint density at radius 2 is 2.03 bits per heavy atom. The highest BCUT2D eigenvalue weighted by Gasteiger charge is 2.49. The van der Waals surface area contributed by atoms with Gasteiger partial charge in [0.2, 0.25) is 5.91 Å². The molecule has 2 aromatic rings. The molecule has 8 nitrogen and oxygen atoms in total. The molecule has 2 aliphatic rings. The molecule has 1 fully saturated rings. The second-order valence-electron chi connectivity index (χ2n) is 7.44. The Balaban J connectivity index is 1.60. The Bertz CT molecular complexity index is 969. The number of nitriles is 1. The van der Waals surface area contributed by atoms with Gasteiger partial charge in [-0.05, 0) is 25.0 Å². The lowest BCUT2D eigenvalue weighted by Crippen LogP contribution is -2.59. The minimum atomic E-state index is -0.533. The molecule has 0 aliphatic carbocycles. The van der Waals surface area contributed by atoms with E-state index in [9.17, 15) is 14.9 Å². The van der Waals surface area contributed by atoms with E-state index in [2.05, 4.69) is 16.0 Å². The number of methoxy groups -OCH3 is 1. The average Bonchev–Trinajstić information content (AvgIpc) is 3.24. The van der Waals surface area contributed by atoms with Crippen LogP contribution in [-0.2, 0) is 21.5 Å². The van der Waals surface area contributed by atoms with Gasteiger partial charge in [0.05, 0.1) is 34.8 Å². The van der Waals surface area contributed by atoms with E-state index in [4.69, 9.17) is 4.74 Å². The number of amides is 2. The highest BCUT2D eigenvalue weighted by Crippen LogP contribution is 2.42. The number of likely N-dealkylation sites (tertiary alicyclic amines) is 1. The second-order valence-corrected chi connectivity index (χ2v) is 7.44. The molecular weight excluding hydrogens is 370 g/mol. The molecule has 0 radical (unpaired) electrons. The molecule has 150 valence electrons. The maximum atomic E-state index is 13.0. The molecule has 1 N–H and O–H groups in total. The summed E-state index contributed by atoms with van der Waals surface area (Å²) < 4.78 is 5.09. The van der Waals surface area contributed by atoms with Crippen LogP contribution in [0.5, 0.6) is 0 Å². The number of carbonyl (C=O) groups excluding carboxylic acids is 2. The van der Waals surface area contributed by atoms with Crippen LogP contribution in [0.3, 0.4) is 0 Å². The molecule has 1 aromatic heterocycles. The molecule has 1 aromatic carbocycles. The summed E-state index contributed by atoms with van der Waals surface area (Å²) in [5, 5.41) is 9.31. The SMILES string of the molecule is COCC(=O)N1CCc2[nH]cnc2C12CCN(C(=O)c1ccccc1C#N)CC2. The van der Waals surface area contributed by atoms with Gasteiger partial charge >= 0.3 is 0 Å². The number of H-pyrrole nitrogens is 1. The van der Waals surface area contributed by atoms with Crippen LogP contribution >= 0.6 is 0 Å². The number of carbonyl (C=O) groups is 2. The lowest BCUT2D eigenvalue weighted by Gasteiger charge is -2.50. The first-order valence-corrected chi connectivity index (χ1v) is 9.71. The summed E-state index contributed by atoms with van der Waals surface area (Å²) in [5.41, 5.74) is 2.22. The van der Waals surface area contributed by atoms with Crippen LogP contribution in [-0.4, -0.2) is 64.9 Å². The van der Waals surface area contributed by atoms with E-state index in [-0.39, 0.29) is 18.4 Å². The Kier molecular flexibility index (Phi) is 5.07. The lowest BCUT2D eigenvalue weighted by atomic mass is 9.78. The van der Waals surface area contributed by atoms with Gasteiger partial charge in [0.1, 0.15) is 6.61 Å². The van der Waals surface area contributed by atoms with Crippen molar-refractivity contribution < 1.29 is 14.3 Å². The monoisotopic (exact) mass is 393 g/mol. The first-order valence-electron chi connectivity index (χ1n) is 9.71. The summed E-state index contributed by atoms with van der Waals surface area (Å²) >= 11 is 0. The van der Waals surface area contributed by atoms with Crippen LogP contribution in [0, 0.1) is 11.3 Å². The van der Waals surface area contributed by atoms with Gasteiger partial charge < -0.3 is 19.5 Å². The third kappa shape index (κ3) is 3.17. The number of aromatic nitrogens is 2. The quantitative estimate of drug-likeness (QED) is 0.850. The second kappa shape index (κ2) is 7.68. The Morgan fingerprint density at radius 1 is 1.28 bits per heavy atom. The van der Waals surface area contributed by atoms with E-state index in [1.54, 1.807) is 35.5 Å². The Morgan fingerprint density at radius 3 is 2.76 bits per heavy atom. The molecule has 0 atom stereocenters. The van der Waals surface area contributed by atoms with E-state index >= 15 is 0 Å². The zero-order valence-corrected chi connectivity index (χ0v) is 16.4. The van der Waals surface area contributed by atoms with Crippen molar-refractivity contribution in [1.82, 2.24) is 19.8 Å². The van der Waals surface area contributed by atoms with E-state index in [0.717, 1.165) is 17.8 Å². The van der Waals surface area contributed by atoms with Gasteiger partial charge in [-0.2, -0.15) is 5.26 Å². The summed E-state index contributed by atoms with van der Waals surface area (Å²) in [6.45, 7) is 1.60. The highest BCUT2D eigenvalue weighted by atomic mass is 16.5. The fraction of sp³-hybridized carbons (Fsp3) is 0.429. The smallest absolute Gasteiger partial charge is 0.255 e. The van der Waals surface area contributed by atoms with Gasteiger partial charge in [0.15, 0.2) is 0 Å². The molecule has 0 bridgehead atoms. The number of aromatic amines is 1. The lowest BCUT2D eigenvalue weighted by molar-refractivity contribution is -0.145. The van der Waals surface area contributed by atoms with Crippen LogP contribution in [0.15, 0.2) is 30.6 Å². The maximum absolute atomic E-state index is 13.0. The largest absolute Gasteiger partial charge is 0.375 e. The minimum Gasteiger partial charge on any atom is -0.375 e. The van der Waals surface area contributed by atoms with Crippen molar-refractivity contribution in [1.29, 1.82) is 5.26 Å². The Labute approximate surface area is 169 Å². The predicted octanol–water partition coefficient (Wildman–Crippen LogP) is 1.44. The van der Waals surface area contributed by atoms with Gasteiger partial charge in [-0.15, -0.1) is 0 Å². The van der Waals surface area contributed by atoms with Gasteiger partial charge in [-0.1, -0.05) is 12.1 Å². The number of rotatable bonds is 3. The van der Waals surface area contributed by atoms with Gasteiger partial charge in [0, 0.05) is 38.9 Å². The van der Waals surface area contributed by atoms with Gasteiger partial charge in [-0.25, -0.2) is 4.98 Å². The molecule has 0 saturated carbocycles. The molecule has 2 amide bonds. The van der Waals surface area contributed by atoms with Crippen LogP contribution in [0.4, 0.5) is 0 Å². The summed E-state index contributed by atoms with van der Waals surface area (Å²) in [5.74, 6) is -0.208. The zero-order valence-electron chi connectivity index (χ0n) is 16.4. The van der Waals surface area contributed by atoms with E-state index in [0.29, 0.717) is 43.6 Å². The van der Waals surface area contributed by atoms with E-state index in [1.807, 2.05) is 4.90 Å². The molecule has 2 aliphatic heterocycles. The number of hydrogen-bond donors (Lipinski definition) is 1. The molecule has 1 spiro atoms. The van der Waals surface area contributed by atoms with E-state index in [1.165, 1.54) is 7.11 Å². The third-order valence-corrected chi connectivity index (χ3v) is 5.99. The molecule has 4 rings (SSSR count). The van der Waals surface area contributed by atoms with E-state index < -0.39 is 5.54 Å². The number of hydrogen-bond acceptors (Lipinski definition) is 5. The third-order valence-electron chi connectivity index (χ3n) is 5.99. The number of nitrogens with zero attached hydrogens (tertiary/aromatic N) is 4. The van der Waals surface area contributed by atoms with Crippen LogP contribution in [0.1, 0.15) is 40.2 Å². The normalized spacial score (nSPS) is 17.7. The average molecular weight is 393 g/mol.